The van der Waals surface area contributed by atoms with Crippen molar-refractivity contribution in [2.24, 2.45) is 0 Å². The van der Waals surface area contributed by atoms with Gasteiger partial charge in [-0.15, -0.1) is 0 Å². The van der Waals surface area contributed by atoms with Gasteiger partial charge in [0.1, 0.15) is 18.5 Å². The monoisotopic (exact) mass is 529 g/mol. The van der Waals surface area contributed by atoms with Crippen LogP contribution in [0.4, 0.5) is 22.4 Å². The lowest BCUT2D eigenvalue weighted by Gasteiger charge is -2.27. The van der Waals surface area contributed by atoms with Crippen LogP contribution in [0.5, 0.6) is 0 Å². The first-order valence-corrected chi connectivity index (χ1v) is 12.1. The van der Waals surface area contributed by atoms with E-state index in [9.17, 15) is 27.2 Å². The van der Waals surface area contributed by atoms with Crippen LogP contribution in [0.25, 0.3) is 11.1 Å². The first kappa shape index (κ1) is 27.2. The molecule has 1 amide bonds. The highest BCUT2D eigenvalue weighted by Gasteiger charge is 2.36. The van der Waals surface area contributed by atoms with Gasteiger partial charge in [0.25, 0.3) is 0 Å². The van der Waals surface area contributed by atoms with Gasteiger partial charge in [0, 0.05) is 19.4 Å². The molecule has 0 saturated carbocycles. The minimum absolute atomic E-state index is 0.0120. The van der Waals surface area contributed by atoms with Gasteiger partial charge in [-0.25, -0.2) is 14.0 Å². The molecule has 1 atom stereocenters. The summed E-state index contributed by atoms with van der Waals surface area (Å²) >= 11 is 0. The number of alkyl halides is 3. The van der Waals surface area contributed by atoms with Crippen LogP contribution in [0.3, 0.4) is 0 Å². The second kappa shape index (κ2) is 10.8. The molecule has 9 heteroatoms. The Balaban J connectivity index is 1.52. The molecule has 1 aliphatic carbocycles. The average Bonchev–Trinajstić information content (AvgIpc) is 3.18. The van der Waals surface area contributed by atoms with Crippen LogP contribution in [0.2, 0.25) is 0 Å². The van der Waals surface area contributed by atoms with Crippen LogP contribution < -0.4 is 0 Å². The van der Waals surface area contributed by atoms with Crippen molar-refractivity contribution < 1.29 is 36.6 Å². The Morgan fingerprint density at radius 1 is 0.947 bits per heavy atom. The molecule has 5 nitrogen and oxygen atoms in total. The summed E-state index contributed by atoms with van der Waals surface area (Å²) in [6.45, 7) is 3.26. The molecule has 4 rings (SSSR count). The standard InChI is InChI=1S/C29H27F4NO4/c1-17(2)38-27(35)26(15-18-12-13-24(25(30)14-18)29(31,32)33)34(3)28(36)37-16-23-21-10-6-4-8-19(21)20-9-5-7-11-22(20)23/h4-14,17,23,26H,15-16H2,1-3H3/t26-/m0/s1. The van der Waals surface area contributed by atoms with Crippen LogP contribution >= 0.6 is 0 Å². The molecule has 0 unspecified atom stereocenters. The van der Waals surface area contributed by atoms with Gasteiger partial charge in [0.2, 0.25) is 0 Å². The van der Waals surface area contributed by atoms with E-state index >= 15 is 0 Å². The molecule has 0 bridgehead atoms. The number of fused-ring (bicyclic) bond motifs is 3. The number of esters is 1. The van der Waals surface area contributed by atoms with Crippen LogP contribution in [0.15, 0.2) is 66.7 Å². The van der Waals surface area contributed by atoms with Crippen molar-refractivity contribution in [3.05, 3.63) is 94.8 Å². The molecular weight excluding hydrogens is 502 g/mol. The number of ether oxygens (including phenoxy) is 2. The molecule has 0 aromatic heterocycles. The van der Waals surface area contributed by atoms with Crippen LogP contribution in [-0.2, 0) is 26.9 Å². The zero-order valence-electron chi connectivity index (χ0n) is 21.1. The maximum atomic E-state index is 14.2. The van der Waals surface area contributed by atoms with E-state index in [2.05, 4.69) is 0 Å². The van der Waals surface area contributed by atoms with Crippen LogP contribution in [0.1, 0.15) is 42.0 Å². The third-order valence-corrected chi connectivity index (χ3v) is 6.48. The summed E-state index contributed by atoms with van der Waals surface area (Å²) < 4.78 is 63.9. The zero-order valence-corrected chi connectivity index (χ0v) is 21.1. The predicted molar refractivity (Wildman–Crippen MR) is 133 cm³/mol. The fraction of sp³-hybridized carbons (Fsp3) is 0.310. The summed E-state index contributed by atoms with van der Waals surface area (Å²) in [6.07, 6.45) is -6.44. The normalized spacial score (nSPS) is 13.6. The molecule has 0 saturated heterocycles. The minimum atomic E-state index is -4.85. The van der Waals surface area contributed by atoms with Crippen LogP contribution in [-0.4, -0.2) is 42.8 Å². The number of hydrogen-bond acceptors (Lipinski definition) is 4. The summed E-state index contributed by atoms with van der Waals surface area (Å²) in [7, 11) is 1.34. The smallest absolute Gasteiger partial charge is 0.419 e. The molecule has 0 heterocycles. The zero-order chi connectivity index (χ0) is 27.6. The third-order valence-electron chi connectivity index (χ3n) is 6.48. The molecule has 200 valence electrons. The molecular formula is C29H27F4NO4. The van der Waals surface area contributed by atoms with Crippen molar-refractivity contribution >= 4 is 12.1 Å². The SMILES string of the molecule is CC(C)OC(=O)[C@H](Cc1ccc(C(F)(F)F)c(F)c1)N(C)C(=O)OCC1c2ccccc2-c2ccccc21. The topological polar surface area (TPSA) is 55.8 Å². The summed E-state index contributed by atoms with van der Waals surface area (Å²) in [5.74, 6) is -2.45. The van der Waals surface area contributed by atoms with E-state index in [1.807, 2.05) is 48.5 Å². The molecule has 0 spiro atoms. The molecule has 3 aromatic carbocycles. The summed E-state index contributed by atoms with van der Waals surface area (Å²) in [5.41, 5.74) is 2.83. The van der Waals surface area contributed by atoms with Crippen molar-refractivity contribution in [2.45, 2.75) is 44.5 Å². The fourth-order valence-corrected chi connectivity index (χ4v) is 4.65. The van der Waals surface area contributed by atoms with E-state index in [0.29, 0.717) is 12.1 Å². The molecule has 38 heavy (non-hydrogen) atoms. The molecule has 1 aliphatic rings. The van der Waals surface area contributed by atoms with Crippen LogP contribution in [0, 0.1) is 5.82 Å². The van der Waals surface area contributed by atoms with Gasteiger partial charge < -0.3 is 9.47 Å². The maximum absolute atomic E-state index is 14.2. The number of amides is 1. The Morgan fingerprint density at radius 2 is 1.53 bits per heavy atom. The Kier molecular flexibility index (Phi) is 7.76. The van der Waals surface area contributed by atoms with Crippen molar-refractivity contribution in [3.8, 4) is 11.1 Å². The van der Waals surface area contributed by atoms with Gasteiger partial charge >= 0.3 is 18.2 Å². The van der Waals surface area contributed by atoms with E-state index in [1.165, 1.54) is 7.05 Å². The fourth-order valence-electron chi connectivity index (χ4n) is 4.65. The molecule has 0 aliphatic heterocycles. The average molecular weight is 530 g/mol. The number of halogens is 4. The van der Waals surface area contributed by atoms with Crippen molar-refractivity contribution in [3.63, 3.8) is 0 Å². The number of likely N-dealkylation sites (N-methyl/N-ethyl adjacent to an activating group) is 1. The Morgan fingerprint density at radius 3 is 2.05 bits per heavy atom. The maximum Gasteiger partial charge on any atom is 0.419 e. The highest BCUT2D eigenvalue weighted by molar-refractivity contribution is 5.82. The second-order valence-electron chi connectivity index (χ2n) is 9.43. The molecule has 0 fully saturated rings. The molecule has 0 radical (unpaired) electrons. The number of rotatable bonds is 7. The first-order valence-electron chi connectivity index (χ1n) is 12.1. The number of carbonyl (C=O) groups excluding carboxylic acids is 2. The van der Waals surface area contributed by atoms with Crippen molar-refractivity contribution in [2.75, 3.05) is 13.7 Å². The summed E-state index contributed by atoms with van der Waals surface area (Å²) in [4.78, 5) is 27.0. The van der Waals surface area contributed by atoms with Gasteiger partial charge in [0.05, 0.1) is 11.7 Å². The highest BCUT2D eigenvalue weighted by atomic mass is 19.4. The molecule has 0 N–H and O–H groups in total. The quantitative estimate of drug-likeness (QED) is 0.256. The van der Waals surface area contributed by atoms with Gasteiger partial charge in [-0.1, -0.05) is 54.6 Å². The van der Waals surface area contributed by atoms with E-state index in [-0.39, 0.29) is 24.5 Å². The largest absolute Gasteiger partial charge is 0.461 e. The van der Waals surface area contributed by atoms with Gasteiger partial charge in [-0.2, -0.15) is 13.2 Å². The summed E-state index contributed by atoms with van der Waals surface area (Å²) in [5, 5.41) is 0. The van der Waals surface area contributed by atoms with Crippen molar-refractivity contribution in [1.29, 1.82) is 0 Å². The third kappa shape index (κ3) is 5.66. The Hall–Kier alpha value is -3.88. The Labute approximate surface area is 218 Å². The summed E-state index contributed by atoms with van der Waals surface area (Å²) in [6, 6.07) is 16.8. The lowest BCUT2D eigenvalue weighted by molar-refractivity contribution is -0.153. The van der Waals surface area contributed by atoms with Gasteiger partial charge in [0.15, 0.2) is 0 Å². The van der Waals surface area contributed by atoms with Gasteiger partial charge in [-0.05, 0) is 53.8 Å². The van der Waals surface area contributed by atoms with E-state index in [4.69, 9.17) is 9.47 Å². The first-order chi connectivity index (χ1) is 18.0. The Bertz CT molecular complexity index is 1290. The number of carbonyl (C=O) groups is 2. The van der Waals surface area contributed by atoms with Gasteiger partial charge in [-0.3, -0.25) is 4.90 Å². The minimum Gasteiger partial charge on any atom is -0.461 e. The lowest BCUT2D eigenvalue weighted by atomic mass is 9.98. The van der Waals surface area contributed by atoms with E-state index < -0.39 is 41.8 Å². The number of nitrogens with zero attached hydrogens (tertiary/aromatic N) is 1. The van der Waals surface area contributed by atoms with E-state index in [0.717, 1.165) is 33.2 Å². The molecule has 3 aromatic rings. The lowest BCUT2D eigenvalue weighted by Crippen LogP contribution is -2.45. The van der Waals surface area contributed by atoms with Crippen molar-refractivity contribution in [1.82, 2.24) is 4.90 Å². The number of benzene rings is 3. The number of hydrogen-bond donors (Lipinski definition) is 0. The second-order valence-corrected chi connectivity index (χ2v) is 9.43. The predicted octanol–water partition coefficient (Wildman–Crippen LogP) is 6.59. The highest BCUT2D eigenvalue weighted by Crippen LogP contribution is 2.44. The van der Waals surface area contributed by atoms with E-state index in [1.54, 1.807) is 13.8 Å².